The summed E-state index contributed by atoms with van der Waals surface area (Å²) in [5.41, 5.74) is -0.804. The fraction of sp³-hybridized carbons (Fsp3) is 0.364. The smallest absolute Gasteiger partial charge is 0.413 e. The summed E-state index contributed by atoms with van der Waals surface area (Å²) in [5, 5.41) is 11.2. The molecule has 7 heteroatoms. The Morgan fingerprint density at radius 2 is 2.00 bits per heavy atom. The zero-order valence-corrected chi connectivity index (χ0v) is 11.7. The van der Waals surface area contributed by atoms with E-state index >= 15 is 0 Å². The van der Waals surface area contributed by atoms with Gasteiger partial charge in [0.05, 0.1) is 0 Å². The van der Waals surface area contributed by atoms with Crippen molar-refractivity contribution in [2.75, 3.05) is 5.32 Å². The largest absolute Gasteiger partial charge is 0.477 e. The molecule has 0 radical (unpaired) electrons. The number of pyridine rings is 1. The maximum absolute atomic E-state index is 11.5. The van der Waals surface area contributed by atoms with Crippen LogP contribution in [0.4, 0.5) is 10.6 Å². The first-order chi connectivity index (χ1) is 8.17. The summed E-state index contributed by atoms with van der Waals surface area (Å²) in [6, 6.07) is 2.82. The molecule has 0 aromatic carbocycles. The normalized spacial score (nSPS) is 10.9. The van der Waals surface area contributed by atoms with Crippen molar-refractivity contribution in [2.45, 2.75) is 26.4 Å². The number of halogens is 1. The van der Waals surface area contributed by atoms with E-state index in [1.807, 2.05) is 0 Å². The number of carbonyl (C=O) groups excluding carboxylic acids is 1. The summed E-state index contributed by atoms with van der Waals surface area (Å²) in [6.07, 6.45) is -0.690. The number of amides is 1. The number of nitrogens with one attached hydrogen (secondary N) is 1. The number of hydrogen-bond donors (Lipinski definition) is 2. The third kappa shape index (κ3) is 4.70. The zero-order chi connectivity index (χ0) is 13.9. The third-order valence-corrected chi connectivity index (χ3v) is 2.10. The van der Waals surface area contributed by atoms with Crippen LogP contribution in [0.3, 0.4) is 0 Å². The Morgan fingerprint density at radius 3 is 2.50 bits per heavy atom. The third-order valence-electron chi connectivity index (χ3n) is 1.64. The van der Waals surface area contributed by atoms with Crippen LogP contribution in [0.25, 0.3) is 0 Å². The van der Waals surface area contributed by atoms with Crippen LogP contribution < -0.4 is 5.32 Å². The quantitative estimate of drug-likeness (QED) is 0.875. The molecule has 18 heavy (non-hydrogen) atoms. The topological polar surface area (TPSA) is 88.5 Å². The Bertz CT molecular complexity index is 482. The number of nitrogens with zero attached hydrogens (tertiary/aromatic N) is 1. The van der Waals surface area contributed by atoms with Gasteiger partial charge in [0.1, 0.15) is 11.4 Å². The Kier molecular flexibility index (Phi) is 4.28. The van der Waals surface area contributed by atoms with Crippen LogP contribution in [0.1, 0.15) is 31.3 Å². The maximum Gasteiger partial charge on any atom is 0.413 e. The summed E-state index contributed by atoms with van der Waals surface area (Å²) < 4.78 is 5.53. The van der Waals surface area contributed by atoms with E-state index in [2.05, 4.69) is 26.2 Å². The van der Waals surface area contributed by atoms with Crippen LogP contribution in [-0.4, -0.2) is 27.8 Å². The molecule has 0 aliphatic rings. The highest BCUT2D eigenvalue weighted by molar-refractivity contribution is 9.10. The average molecular weight is 317 g/mol. The molecule has 0 spiro atoms. The van der Waals surface area contributed by atoms with Crippen molar-refractivity contribution in [3.05, 3.63) is 22.3 Å². The molecular weight excluding hydrogens is 304 g/mol. The monoisotopic (exact) mass is 316 g/mol. The van der Waals surface area contributed by atoms with Crippen molar-refractivity contribution in [1.82, 2.24) is 4.98 Å². The number of anilines is 1. The van der Waals surface area contributed by atoms with E-state index in [0.717, 1.165) is 0 Å². The van der Waals surface area contributed by atoms with Crippen LogP contribution >= 0.6 is 15.9 Å². The molecule has 0 saturated carbocycles. The van der Waals surface area contributed by atoms with Gasteiger partial charge in [0.2, 0.25) is 0 Å². The van der Waals surface area contributed by atoms with Crippen molar-refractivity contribution < 1.29 is 19.4 Å². The highest BCUT2D eigenvalue weighted by Crippen LogP contribution is 2.17. The fourth-order valence-electron chi connectivity index (χ4n) is 1.08. The van der Waals surface area contributed by atoms with E-state index in [-0.39, 0.29) is 11.5 Å². The zero-order valence-electron chi connectivity index (χ0n) is 10.2. The second kappa shape index (κ2) is 5.34. The van der Waals surface area contributed by atoms with Gasteiger partial charge in [-0.15, -0.1) is 0 Å². The predicted molar refractivity (Wildman–Crippen MR) is 68.8 cm³/mol. The van der Waals surface area contributed by atoms with Gasteiger partial charge in [-0.25, -0.2) is 14.6 Å². The minimum absolute atomic E-state index is 0.107. The molecule has 0 aliphatic heterocycles. The molecule has 0 fully saturated rings. The van der Waals surface area contributed by atoms with E-state index in [4.69, 9.17) is 9.84 Å². The van der Waals surface area contributed by atoms with Gasteiger partial charge < -0.3 is 9.84 Å². The molecule has 1 rings (SSSR count). The molecule has 0 unspecified atom stereocenters. The maximum atomic E-state index is 11.5. The van der Waals surface area contributed by atoms with Crippen LogP contribution in [-0.2, 0) is 4.74 Å². The summed E-state index contributed by atoms with van der Waals surface area (Å²) >= 11 is 3.14. The van der Waals surface area contributed by atoms with Crippen molar-refractivity contribution >= 4 is 33.8 Å². The molecule has 1 amide bonds. The predicted octanol–water partition coefficient (Wildman–Crippen LogP) is 2.89. The number of ether oxygens (including phenoxy) is 1. The van der Waals surface area contributed by atoms with E-state index in [1.165, 1.54) is 12.1 Å². The lowest BCUT2D eigenvalue weighted by Gasteiger charge is -2.19. The second-order valence-corrected chi connectivity index (χ2v) is 5.40. The first-order valence-corrected chi connectivity index (χ1v) is 5.87. The summed E-state index contributed by atoms with van der Waals surface area (Å²) in [7, 11) is 0. The van der Waals surface area contributed by atoms with Crippen molar-refractivity contribution in [3.8, 4) is 0 Å². The lowest BCUT2D eigenvalue weighted by molar-refractivity contribution is 0.0631. The molecular formula is C11H13BrN2O4. The number of carboxylic acid groups (broad SMARTS) is 1. The number of aromatic nitrogens is 1. The molecule has 1 aromatic rings. The minimum Gasteiger partial charge on any atom is -0.477 e. The van der Waals surface area contributed by atoms with Gasteiger partial charge in [-0.1, -0.05) is 15.9 Å². The van der Waals surface area contributed by atoms with Crippen molar-refractivity contribution in [3.63, 3.8) is 0 Å². The second-order valence-electron chi connectivity index (χ2n) is 4.49. The van der Waals surface area contributed by atoms with Crippen LogP contribution in [0.2, 0.25) is 0 Å². The highest BCUT2D eigenvalue weighted by atomic mass is 79.9. The van der Waals surface area contributed by atoms with E-state index in [0.29, 0.717) is 4.47 Å². The molecule has 0 aliphatic carbocycles. The highest BCUT2D eigenvalue weighted by Gasteiger charge is 2.17. The Balaban J connectivity index is 2.85. The fourth-order valence-corrected chi connectivity index (χ4v) is 1.51. The SMILES string of the molecule is CC(C)(C)OC(=O)Nc1cc(Br)cc(C(=O)O)n1. The van der Waals surface area contributed by atoms with Gasteiger partial charge in [-0.05, 0) is 32.9 Å². The Labute approximate surface area is 112 Å². The summed E-state index contributed by atoms with van der Waals surface area (Å²) in [4.78, 5) is 26.0. The van der Waals surface area contributed by atoms with Crippen molar-refractivity contribution in [1.29, 1.82) is 0 Å². The van der Waals surface area contributed by atoms with E-state index in [1.54, 1.807) is 20.8 Å². The van der Waals surface area contributed by atoms with Crippen LogP contribution in [0.15, 0.2) is 16.6 Å². The molecule has 0 atom stereocenters. The summed E-state index contributed by atoms with van der Waals surface area (Å²) in [5.74, 6) is -1.07. The molecule has 1 aromatic heterocycles. The Morgan fingerprint density at radius 1 is 1.39 bits per heavy atom. The van der Waals surface area contributed by atoms with Gasteiger partial charge in [0, 0.05) is 4.47 Å². The molecule has 0 bridgehead atoms. The number of carboxylic acids is 1. The van der Waals surface area contributed by atoms with Gasteiger partial charge in [-0.2, -0.15) is 0 Å². The van der Waals surface area contributed by atoms with Crippen molar-refractivity contribution in [2.24, 2.45) is 0 Å². The first-order valence-electron chi connectivity index (χ1n) is 5.08. The minimum atomic E-state index is -1.18. The van der Waals surface area contributed by atoms with Crippen LogP contribution in [0.5, 0.6) is 0 Å². The van der Waals surface area contributed by atoms with Gasteiger partial charge in [0.25, 0.3) is 0 Å². The molecule has 6 nitrogen and oxygen atoms in total. The molecule has 1 heterocycles. The first kappa shape index (κ1) is 14.4. The molecule has 0 saturated heterocycles. The standard InChI is InChI=1S/C11H13BrN2O4/c1-11(2,3)18-10(17)14-8-5-6(12)4-7(13-8)9(15)16/h4-5H,1-3H3,(H,15,16)(H,13,14,17). The summed E-state index contributed by atoms with van der Waals surface area (Å²) in [6.45, 7) is 5.18. The molecule has 2 N–H and O–H groups in total. The number of carbonyl (C=O) groups is 2. The number of hydrogen-bond acceptors (Lipinski definition) is 4. The number of rotatable bonds is 2. The number of aromatic carboxylic acids is 1. The lowest BCUT2D eigenvalue weighted by atomic mass is 10.2. The van der Waals surface area contributed by atoms with Gasteiger partial charge >= 0.3 is 12.1 Å². The lowest BCUT2D eigenvalue weighted by Crippen LogP contribution is -2.27. The van der Waals surface area contributed by atoms with Crippen LogP contribution in [0, 0.1) is 0 Å². The Hall–Kier alpha value is -1.63. The van der Waals surface area contributed by atoms with E-state index < -0.39 is 17.7 Å². The van der Waals surface area contributed by atoms with Gasteiger partial charge in [-0.3, -0.25) is 5.32 Å². The van der Waals surface area contributed by atoms with E-state index in [9.17, 15) is 9.59 Å². The molecule has 98 valence electrons. The van der Waals surface area contributed by atoms with Gasteiger partial charge in [0.15, 0.2) is 5.69 Å². The average Bonchev–Trinajstić information content (AvgIpc) is 2.12.